The zero-order valence-corrected chi connectivity index (χ0v) is 16.3. The van der Waals surface area contributed by atoms with Crippen molar-refractivity contribution < 1.29 is 14.4 Å². The molecule has 0 saturated carbocycles. The molecule has 3 aromatic heterocycles. The van der Waals surface area contributed by atoms with Crippen LogP contribution in [0, 0.1) is 13.8 Å². The molecular weight excluding hydrogens is 374 g/mol. The van der Waals surface area contributed by atoms with Gasteiger partial charge in [-0.25, -0.2) is 4.98 Å². The first kappa shape index (κ1) is 19.3. The minimum Gasteiger partial charge on any atom is -0.392 e. The van der Waals surface area contributed by atoms with Crippen LogP contribution in [-0.4, -0.2) is 55.7 Å². The molecule has 152 valence electrons. The molecule has 9 heteroatoms. The van der Waals surface area contributed by atoms with Crippen molar-refractivity contribution in [3.05, 3.63) is 63.5 Å². The maximum absolute atomic E-state index is 12.4. The lowest BCUT2D eigenvalue weighted by molar-refractivity contribution is 0.0452. The third-order valence-corrected chi connectivity index (χ3v) is 5.02. The van der Waals surface area contributed by atoms with Gasteiger partial charge in [-0.15, -0.1) is 0 Å². The first-order valence-corrected chi connectivity index (χ1v) is 9.51. The molecule has 4 rings (SSSR count). The van der Waals surface area contributed by atoms with Gasteiger partial charge in [-0.1, -0.05) is 11.2 Å². The average molecular weight is 397 g/mol. The van der Waals surface area contributed by atoms with Crippen LogP contribution in [0.15, 0.2) is 39.8 Å². The molecule has 1 aliphatic heterocycles. The van der Waals surface area contributed by atoms with Crippen LogP contribution in [0.4, 0.5) is 0 Å². The lowest BCUT2D eigenvalue weighted by Gasteiger charge is -2.35. The van der Waals surface area contributed by atoms with Crippen molar-refractivity contribution in [2.75, 3.05) is 13.1 Å². The monoisotopic (exact) mass is 397 g/mol. The van der Waals surface area contributed by atoms with E-state index in [-0.39, 0.29) is 23.2 Å². The Morgan fingerprint density at radius 3 is 2.93 bits per heavy atom. The van der Waals surface area contributed by atoms with Gasteiger partial charge in [-0.3, -0.25) is 18.9 Å². The molecule has 1 amide bonds. The summed E-state index contributed by atoms with van der Waals surface area (Å²) in [7, 11) is 0. The molecular formula is C20H23N5O4. The molecule has 0 bridgehead atoms. The van der Waals surface area contributed by atoms with E-state index in [4.69, 9.17) is 4.52 Å². The summed E-state index contributed by atoms with van der Waals surface area (Å²) in [5.41, 5.74) is 2.25. The Morgan fingerprint density at radius 2 is 2.17 bits per heavy atom. The summed E-state index contributed by atoms with van der Waals surface area (Å²) < 4.78 is 6.46. The number of nitrogens with one attached hydrogen (secondary N) is 1. The van der Waals surface area contributed by atoms with E-state index in [1.54, 1.807) is 19.2 Å². The van der Waals surface area contributed by atoms with E-state index < -0.39 is 6.10 Å². The second-order valence-electron chi connectivity index (χ2n) is 7.55. The largest absolute Gasteiger partial charge is 0.392 e. The smallest absolute Gasteiger partial charge is 0.273 e. The van der Waals surface area contributed by atoms with Crippen LogP contribution in [0.3, 0.4) is 0 Å². The van der Waals surface area contributed by atoms with Crippen molar-refractivity contribution in [1.82, 2.24) is 24.8 Å². The highest BCUT2D eigenvalue weighted by molar-refractivity contribution is 5.92. The van der Waals surface area contributed by atoms with E-state index in [0.29, 0.717) is 43.2 Å². The Labute approximate surface area is 167 Å². The number of hydrogen-bond donors (Lipinski definition) is 2. The summed E-state index contributed by atoms with van der Waals surface area (Å²) in [6.45, 7) is 5.02. The van der Waals surface area contributed by atoms with Gasteiger partial charge in [-0.05, 0) is 31.9 Å². The molecule has 0 spiro atoms. The van der Waals surface area contributed by atoms with E-state index in [1.165, 1.54) is 10.5 Å². The van der Waals surface area contributed by atoms with Gasteiger partial charge in [-0.2, -0.15) is 0 Å². The second-order valence-corrected chi connectivity index (χ2v) is 7.55. The van der Waals surface area contributed by atoms with E-state index in [2.05, 4.69) is 15.5 Å². The van der Waals surface area contributed by atoms with Crippen LogP contribution < -0.4 is 10.9 Å². The lowest BCUT2D eigenvalue weighted by atomic mass is 10.0. The van der Waals surface area contributed by atoms with Gasteiger partial charge in [0.25, 0.3) is 11.5 Å². The number of hydrogen-bond acceptors (Lipinski definition) is 7. The number of amides is 1. The minimum absolute atomic E-state index is 0.141. The Balaban J connectivity index is 1.49. The lowest BCUT2D eigenvalue weighted by Crippen LogP contribution is -2.52. The molecule has 1 fully saturated rings. The zero-order chi connectivity index (χ0) is 20.5. The van der Waals surface area contributed by atoms with Gasteiger partial charge in [0.15, 0.2) is 5.69 Å². The summed E-state index contributed by atoms with van der Waals surface area (Å²) in [6, 6.07) is 6.57. The Hall–Kier alpha value is -3.04. The fourth-order valence-electron chi connectivity index (χ4n) is 3.75. The number of aryl methyl sites for hydroxylation is 2. The molecule has 0 aliphatic carbocycles. The number of rotatable bonds is 4. The fraction of sp³-hybridized carbons (Fsp3) is 0.400. The van der Waals surface area contributed by atoms with Crippen LogP contribution in [0.1, 0.15) is 33.9 Å². The summed E-state index contributed by atoms with van der Waals surface area (Å²) in [4.78, 5) is 31.4. The first-order valence-electron chi connectivity index (χ1n) is 9.51. The van der Waals surface area contributed by atoms with Crippen molar-refractivity contribution in [2.24, 2.45) is 0 Å². The SMILES string of the molecule is Cc1cc(C(=O)N[C@H]2C[C@@H](O)CN(Cc3cc(=O)n4cccc(C)c4n3)C2)no1. The standard InChI is InChI=1S/C20H23N5O4/c1-12-4-3-5-25-18(27)8-15(21-19(12)25)10-24-9-14(7-16(26)11-24)22-20(28)17-6-13(2)29-23-17/h3-6,8,14,16,26H,7,9-11H2,1-2H3,(H,22,28)/t14-,16+/m0/s1. The molecule has 29 heavy (non-hydrogen) atoms. The van der Waals surface area contributed by atoms with Crippen LogP contribution in [0.2, 0.25) is 0 Å². The summed E-state index contributed by atoms with van der Waals surface area (Å²) in [6.07, 6.45) is 1.56. The van der Waals surface area contributed by atoms with Crippen LogP contribution >= 0.6 is 0 Å². The second kappa shape index (κ2) is 7.76. The summed E-state index contributed by atoms with van der Waals surface area (Å²) in [5.74, 6) is 0.225. The highest BCUT2D eigenvalue weighted by Crippen LogP contribution is 2.15. The van der Waals surface area contributed by atoms with Gasteiger partial charge in [0.1, 0.15) is 11.4 Å². The van der Waals surface area contributed by atoms with Crippen LogP contribution in [0.5, 0.6) is 0 Å². The molecule has 1 aliphatic rings. The third kappa shape index (κ3) is 4.20. The van der Waals surface area contributed by atoms with Gasteiger partial charge in [0.2, 0.25) is 0 Å². The number of likely N-dealkylation sites (tertiary alicyclic amines) is 1. The molecule has 2 N–H and O–H groups in total. The maximum Gasteiger partial charge on any atom is 0.273 e. The van der Waals surface area contributed by atoms with Gasteiger partial charge < -0.3 is 14.9 Å². The predicted molar refractivity (Wildman–Crippen MR) is 105 cm³/mol. The summed E-state index contributed by atoms with van der Waals surface area (Å²) in [5, 5.41) is 16.9. The van der Waals surface area contributed by atoms with Crippen molar-refractivity contribution in [1.29, 1.82) is 0 Å². The first-order chi connectivity index (χ1) is 13.9. The quantitative estimate of drug-likeness (QED) is 0.665. The minimum atomic E-state index is -0.587. The van der Waals surface area contributed by atoms with E-state index >= 15 is 0 Å². The number of carbonyl (C=O) groups excluding carboxylic acids is 1. The molecule has 2 atom stereocenters. The summed E-state index contributed by atoms with van der Waals surface area (Å²) >= 11 is 0. The number of aromatic nitrogens is 3. The van der Waals surface area contributed by atoms with Crippen LogP contribution in [-0.2, 0) is 6.54 Å². The molecule has 9 nitrogen and oxygen atoms in total. The van der Waals surface area contributed by atoms with Crippen molar-refractivity contribution in [2.45, 2.75) is 39.0 Å². The number of nitrogens with zero attached hydrogens (tertiary/aromatic N) is 4. The number of piperidine rings is 1. The van der Waals surface area contributed by atoms with Crippen molar-refractivity contribution >= 4 is 11.6 Å². The number of pyridine rings is 1. The molecule has 0 aromatic carbocycles. The topological polar surface area (TPSA) is 113 Å². The van der Waals surface area contributed by atoms with Gasteiger partial charge >= 0.3 is 0 Å². The Kier molecular flexibility index (Phi) is 5.16. The fourth-order valence-corrected chi connectivity index (χ4v) is 3.75. The van der Waals surface area contributed by atoms with Crippen molar-refractivity contribution in [3.63, 3.8) is 0 Å². The molecule has 3 aromatic rings. The third-order valence-electron chi connectivity index (χ3n) is 5.02. The number of fused-ring (bicyclic) bond motifs is 1. The highest BCUT2D eigenvalue weighted by atomic mass is 16.5. The van der Waals surface area contributed by atoms with E-state index in [9.17, 15) is 14.7 Å². The molecule has 0 radical (unpaired) electrons. The van der Waals surface area contributed by atoms with Gasteiger partial charge in [0.05, 0.1) is 11.8 Å². The Bertz CT molecular complexity index is 1110. The molecule has 0 unspecified atom stereocenters. The van der Waals surface area contributed by atoms with Gasteiger partial charge in [0, 0.05) is 44.0 Å². The Morgan fingerprint density at radius 1 is 1.34 bits per heavy atom. The maximum atomic E-state index is 12.4. The predicted octanol–water partition coefficient (Wildman–Crippen LogP) is 0.665. The molecule has 1 saturated heterocycles. The number of β-amino-alcohol motifs (C(OH)–C–C–N with tert-alkyl or cyclic N) is 1. The number of carbonyl (C=O) groups is 1. The highest BCUT2D eigenvalue weighted by Gasteiger charge is 2.28. The normalized spacial score (nSPS) is 20.1. The van der Waals surface area contributed by atoms with E-state index in [1.807, 2.05) is 24.0 Å². The number of aliphatic hydroxyl groups excluding tert-OH is 1. The number of aliphatic hydroxyl groups is 1. The average Bonchev–Trinajstić information content (AvgIpc) is 3.09. The zero-order valence-electron chi connectivity index (χ0n) is 16.3. The van der Waals surface area contributed by atoms with E-state index in [0.717, 1.165) is 5.56 Å². The van der Waals surface area contributed by atoms with Crippen molar-refractivity contribution in [3.8, 4) is 0 Å². The van der Waals surface area contributed by atoms with Crippen LogP contribution in [0.25, 0.3) is 5.65 Å². The molecule has 4 heterocycles.